The molecule has 0 aliphatic carbocycles. The van der Waals surface area contributed by atoms with E-state index in [2.05, 4.69) is 5.10 Å². The molecule has 0 spiro atoms. The highest BCUT2D eigenvalue weighted by molar-refractivity contribution is 5.89. The Kier molecular flexibility index (Phi) is 3.23. The van der Waals surface area contributed by atoms with Crippen LogP contribution < -0.4 is 0 Å². The lowest BCUT2D eigenvalue weighted by Gasteiger charge is -2.08. The summed E-state index contributed by atoms with van der Waals surface area (Å²) >= 11 is 0. The molecule has 1 aromatic heterocycles. The van der Waals surface area contributed by atoms with Gasteiger partial charge in [-0.15, -0.1) is 0 Å². The minimum Gasteiger partial charge on any atom is -0.459 e. The van der Waals surface area contributed by atoms with Crippen LogP contribution >= 0.6 is 0 Å². The van der Waals surface area contributed by atoms with Gasteiger partial charge in [-0.05, 0) is 44.2 Å². The molecule has 0 radical (unpaired) electrons. The average Bonchev–Trinajstić information content (AvgIpc) is 2.82. The zero-order valence-corrected chi connectivity index (χ0v) is 9.83. The van der Waals surface area contributed by atoms with Crippen molar-refractivity contribution in [1.82, 2.24) is 9.78 Å². The van der Waals surface area contributed by atoms with Gasteiger partial charge in [0.2, 0.25) is 0 Å². The van der Waals surface area contributed by atoms with Gasteiger partial charge in [0, 0.05) is 12.4 Å². The van der Waals surface area contributed by atoms with E-state index in [0.29, 0.717) is 5.56 Å². The molecule has 4 nitrogen and oxygen atoms in total. The Hall–Kier alpha value is -2.10. The molecule has 0 unspecified atom stereocenters. The van der Waals surface area contributed by atoms with E-state index in [0.717, 1.165) is 5.69 Å². The van der Waals surface area contributed by atoms with Gasteiger partial charge in [0.1, 0.15) is 0 Å². The van der Waals surface area contributed by atoms with Crippen molar-refractivity contribution in [3.05, 3.63) is 48.3 Å². The van der Waals surface area contributed by atoms with E-state index < -0.39 is 0 Å². The molecule has 2 aromatic rings. The largest absolute Gasteiger partial charge is 0.459 e. The second-order valence-electron chi connectivity index (χ2n) is 3.95. The average molecular weight is 230 g/mol. The Labute approximate surface area is 99.8 Å². The Balaban J connectivity index is 2.16. The summed E-state index contributed by atoms with van der Waals surface area (Å²) in [6.07, 6.45) is 3.45. The highest BCUT2D eigenvalue weighted by Gasteiger charge is 2.08. The second kappa shape index (κ2) is 4.82. The zero-order valence-electron chi connectivity index (χ0n) is 9.83. The monoisotopic (exact) mass is 230 g/mol. The van der Waals surface area contributed by atoms with Gasteiger partial charge in [-0.3, -0.25) is 0 Å². The standard InChI is InChI=1S/C13H14N2O2/c1-10(2)17-13(16)11-4-6-12(7-5-11)15-9-3-8-14-15/h3-10H,1-2H3. The highest BCUT2D eigenvalue weighted by Crippen LogP contribution is 2.10. The minimum atomic E-state index is -0.299. The second-order valence-corrected chi connectivity index (χ2v) is 3.95. The van der Waals surface area contributed by atoms with Gasteiger partial charge in [0.05, 0.1) is 17.4 Å². The number of ether oxygens (including phenoxy) is 1. The van der Waals surface area contributed by atoms with Crippen molar-refractivity contribution < 1.29 is 9.53 Å². The SMILES string of the molecule is CC(C)OC(=O)c1ccc(-n2cccn2)cc1. The van der Waals surface area contributed by atoms with Crippen molar-refractivity contribution in [2.24, 2.45) is 0 Å². The van der Waals surface area contributed by atoms with E-state index in [1.807, 2.05) is 38.2 Å². The maximum absolute atomic E-state index is 11.6. The van der Waals surface area contributed by atoms with E-state index in [9.17, 15) is 4.79 Å². The van der Waals surface area contributed by atoms with Crippen molar-refractivity contribution >= 4 is 5.97 Å². The number of hydrogen-bond donors (Lipinski definition) is 0. The van der Waals surface area contributed by atoms with E-state index >= 15 is 0 Å². The van der Waals surface area contributed by atoms with Crippen LogP contribution in [0, 0.1) is 0 Å². The van der Waals surface area contributed by atoms with E-state index in [-0.39, 0.29) is 12.1 Å². The lowest BCUT2D eigenvalue weighted by Crippen LogP contribution is -2.11. The van der Waals surface area contributed by atoms with Crippen molar-refractivity contribution in [1.29, 1.82) is 0 Å². The molecule has 2 rings (SSSR count). The molecule has 4 heteroatoms. The van der Waals surface area contributed by atoms with Crippen LogP contribution in [-0.4, -0.2) is 21.9 Å². The predicted molar refractivity (Wildman–Crippen MR) is 64.1 cm³/mol. The third-order valence-electron chi connectivity index (χ3n) is 2.21. The lowest BCUT2D eigenvalue weighted by atomic mass is 10.2. The third-order valence-corrected chi connectivity index (χ3v) is 2.21. The van der Waals surface area contributed by atoms with E-state index in [1.165, 1.54) is 0 Å². The van der Waals surface area contributed by atoms with Crippen molar-refractivity contribution in [3.63, 3.8) is 0 Å². The molecule has 0 N–H and O–H groups in total. The molecule has 17 heavy (non-hydrogen) atoms. The maximum atomic E-state index is 11.6. The van der Waals surface area contributed by atoms with Gasteiger partial charge >= 0.3 is 5.97 Å². The van der Waals surface area contributed by atoms with Gasteiger partial charge in [-0.2, -0.15) is 5.10 Å². The fourth-order valence-electron chi connectivity index (χ4n) is 1.45. The first-order chi connectivity index (χ1) is 8.16. The number of aromatic nitrogens is 2. The molecule has 0 amide bonds. The summed E-state index contributed by atoms with van der Waals surface area (Å²) in [4.78, 5) is 11.6. The number of rotatable bonds is 3. The first-order valence-corrected chi connectivity index (χ1v) is 5.48. The fourth-order valence-corrected chi connectivity index (χ4v) is 1.45. The quantitative estimate of drug-likeness (QED) is 0.761. The molecule has 0 bridgehead atoms. The Morgan fingerprint density at radius 1 is 1.29 bits per heavy atom. The van der Waals surface area contributed by atoms with Gasteiger partial charge in [0.15, 0.2) is 0 Å². The first-order valence-electron chi connectivity index (χ1n) is 5.48. The summed E-state index contributed by atoms with van der Waals surface area (Å²) in [5.41, 5.74) is 1.46. The maximum Gasteiger partial charge on any atom is 0.338 e. The number of esters is 1. The van der Waals surface area contributed by atoms with Crippen molar-refractivity contribution in [2.45, 2.75) is 20.0 Å². The highest BCUT2D eigenvalue weighted by atomic mass is 16.5. The van der Waals surface area contributed by atoms with Crippen LogP contribution in [0.25, 0.3) is 5.69 Å². The van der Waals surface area contributed by atoms with Crippen LogP contribution in [0.1, 0.15) is 24.2 Å². The number of carbonyl (C=O) groups is 1. The van der Waals surface area contributed by atoms with Crippen LogP contribution in [-0.2, 0) is 4.74 Å². The number of carbonyl (C=O) groups excluding carboxylic acids is 1. The summed E-state index contributed by atoms with van der Waals surface area (Å²) < 4.78 is 6.84. The van der Waals surface area contributed by atoms with Gasteiger partial charge in [0.25, 0.3) is 0 Å². The Morgan fingerprint density at radius 2 is 2.00 bits per heavy atom. The molecule has 0 aliphatic rings. The van der Waals surface area contributed by atoms with Crippen LogP contribution in [0.15, 0.2) is 42.7 Å². The normalized spacial score (nSPS) is 10.5. The van der Waals surface area contributed by atoms with Crippen LogP contribution in [0.3, 0.4) is 0 Å². The zero-order chi connectivity index (χ0) is 12.3. The summed E-state index contributed by atoms with van der Waals surface area (Å²) in [5.74, 6) is -0.299. The first kappa shape index (κ1) is 11.4. The molecule has 0 atom stereocenters. The molecule has 1 heterocycles. The molecule has 0 saturated heterocycles. The van der Waals surface area contributed by atoms with E-state index in [4.69, 9.17) is 4.74 Å². The third kappa shape index (κ3) is 2.72. The van der Waals surface area contributed by atoms with Gasteiger partial charge < -0.3 is 4.74 Å². The summed E-state index contributed by atoms with van der Waals surface area (Å²) in [6.45, 7) is 3.66. The number of nitrogens with zero attached hydrogens (tertiary/aromatic N) is 2. The smallest absolute Gasteiger partial charge is 0.338 e. The van der Waals surface area contributed by atoms with Crippen LogP contribution in [0.2, 0.25) is 0 Å². The Bertz CT molecular complexity index is 487. The molecule has 0 saturated carbocycles. The molecule has 1 aromatic carbocycles. The molecular formula is C13H14N2O2. The minimum absolute atomic E-state index is 0.103. The molecule has 0 aliphatic heterocycles. The topological polar surface area (TPSA) is 44.1 Å². The molecular weight excluding hydrogens is 216 g/mol. The fraction of sp³-hybridized carbons (Fsp3) is 0.231. The van der Waals surface area contributed by atoms with Gasteiger partial charge in [-0.1, -0.05) is 0 Å². The van der Waals surface area contributed by atoms with Crippen molar-refractivity contribution in [3.8, 4) is 5.69 Å². The number of benzene rings is 1. The van der Waals surface area contributed by atoms with Gasteiger partial charge in [-0.25, -0.2) is 9.48 Å². The predicted octanol–water partition coefficient (Wildman–Crippen LogP) is 2.44. The number of hydrogen-bond acceptors (Lipinski definition) is 3. The van der Waals surface area contributed by atoms with Crippen LogP contribution in [0.4, 0.5) is 0 Å². The summed E-state index contributed by atoms with van der Waals surface area (Å²) in [7, 11) is 0. The summed E-state index contributed by atoms with van der Waals surface area (Å²) in [6, 6.07) is 9.00. The molecule has 88 valence electrons. The van der Waals surface area contributed by atoms with E-state index in [1.54, 1.807) is 23.0 Å². The van der Waals surface area contributed by atoms with Crippen molar-refractivity contribution in [2.75, 3.05) is 0 Å². The summed E-state index contributed by atoms with van der Waals surface area (Å²) in [5, 5.41) is 4.11. The Morgan fingerprint density at radius 3 is 2.53 bits per heavy atom. The van der Waals surface area contributed by atoms with Crippen LogP contribution in [0.5, 0.6) is 0 Å². The molecule has 0 fully saturated rings. The lowest BCUT2D eigenvalue weighted by molar-refractivity contribution is 0.0378.